The highest BCUT2D eigenvalue weighted by atomic mass is 32.2. The van der Waals surface area contributed by atoms with E-state index in [9.17, 15) is 9.59 Å². The molecule has 2 amide bonds. The van der Waals surface area contributed by atoms with E-state index in [4.69, 9.17) is 4.74 Å². The summed E-state index contributed by atoms with van der Waals surface area (Å²) in [5.41, 5.74) is 0. The van der Waals surface area contributed by atoms with Crippen molar-refractivity contribution in [1.29, 1.82) is 0 Å². The smallest absolute Gasteiger partial charge is 0.242 e. The predicted molar refractivity (Wildman–Crippen MR) is 105 cm³/mol. The fourth-order valence-electron chi connectivity index (χ4n) is 2.72. The van der Waals surface area contributed by atoms with E-state index in [1.165, 1.54) is 11.8 Å². The van der Waals surface area contributed by atoms with Gasteiger partial charge in [0.2, 0.25) is 17.8 Å². The number of thioether (sulfide) groups is 1. The molecular weight excluding hydrogens is 368 g/mol. The maximum absolute atomic E-state index is 12.2. The van der Waals surface area contributed by atoms with Crippen LogP contribution in [0, 0.1) is 5.92 Å². The Morgan fingerprint density at radius 3 is 2.56 bits per heavy atom. The molecule has 1 fully saturated rings. The standard InChI is InChI=1S/C17H30N6O3S/c1-5-18-15(25)13(4)19-14(24)11-27-17-21-20-16(23(17)10-12(2)3)22-6-8-26-9-7-22/h12-13H,5-11H2,1-4H3,(H,18,25)(H,19,24)/t13-/m0/s1. The number of hydrogen-bond acceptors (Lipinski definition) is 7. The summed E-state index contributed by atoms with van der Waals surface area (Å²) in [6.07, 6.45) is 0. The van der Waals surface area contributed by atoms with Crippen LogP contribution in [0.2, 0.25) is 0 Å². The molecule has 1 atom stereocenters. The normalized spacial score (nSPS) is 15.7. The summed E-state index contributed by atoms with van der Waals surface area (Å²) in [5, 5.41) is 14.8. The van der Waals surface area contributed by atoms with Crippen LogP contribution >= 0.6 is 11.8 Å². The number of amides is 2. The monoisotopic (exact) mass is 398 g/mol. The zero-order chi connectivity index (χ0) is 19.8. The molecule has 0 radical (unpaired) electrons. The van der Waals surface area contributed by atoms with Crippen molar-refractivity contribution < 1.29 is 14.3 Å². The van der Waals surface area contributed by atoms with E-state index in [1.54, 1.807) is 6.92 Å². The third-order valence-corrected chi connectivity index (χ3v) is 4.96. The van der Waals surface area contributed by atoms with Gasteiger partial charge in [0, 0.05) is 26.2 Å². The highest BCUT2D eigenvalue weighted by Gasteiger charge is 2.22. The number of ether oxygens (including phenoxy) is 1. The molecule has 0 saturated carbocycles. The minimum Gasteiger partial charge on any atom is -0.378 e. The van der Waals surface area contributed by atoms with Crippen LogP contribution in [-0.4, -0.2) is 71.2 Å². The Labute approximate surface area is 164 Å². The lowest BCUT2D eigenvalue weighted by molar-refractivity contribution is -0.127. The van der Waals surface area contributed by atoms with E-state index in [0.717, 1.165) is 25.6 Å². The molecule has 0 aromatic carbocycles. The van der Waals surface area contributed by atoms with Crippen molar-refractivity contribution in [3.8, 4) is 0 Å². The molecule has 1 aromatic heterocycles. The average Bonchev–Trinajstić information content (AvgIpc) is 3.02. The van der Waals surface area contributed by atoms with Crippen molar-refractivity contribution in [2.45, 2.75) is 45.4 Å². The SMILES string of the molecule is CCNC(=O)[C@H](C)NC(=O)CSc1nnc(N2CCOCC2)n1CC(C)C. The molecular formula is C17H30N6O3S. The van der Waals surface area contributed by atoms with Crippen molar-refractivity contribution >= 4 is 29.5 Å². The van der Waals surface area contributed by atoms with E-state index in [2.05, 4.69) is 44.1 Å². The minimum absolute atomic E-state index is 0.184. The summed E-state index contributed by atoms with van der Waals surface area (Å²) in [4.78, 5) is 26.1. The number of nitrogens with zero attached hydrogens (tertiary/aromatic N) is 4. The van der Waals surface area contributed by atoms with Gasteiger partial charge in [0.15, 0.2) is 5.16 Å². The summed E-state index contributed by atoms with van der Waals surface area (Å²) in [7, 11) is 0. The first-order chi connectivity index (χ1) is 12.9. The maximum atomic E-state index is 12.2. The van der Waals surface area contributed by atoms with Gasteiger partial charge in [0.1, 0.15) is 6.04 Å². The van der Waals surface area contributed by atoms with Crippen LogP contribution in [0.3, 0.4) is 0 Å². The van der Waals surface area contributed by atoms with Crippen molar-refractivity contribution in [1.82, 2.24) is 25.4 Å². The number of hydrogen-bond donors (Lipinski definition) is 2. The zero-order valence-corrected chi connectivity index (χ0v) is 17.3. The maximum Gasteiger partial charge on any atom is 0.242 e. The third kappa shape index (κ3) is 6.39. The van der Waals surface area contributed by atoms with Crippen LogP contribution in [0.25, 0.3) is 0 Å². The molecule has 1 aliphatic rings. The highest BCUT2D eigenvalue weighted by Crippen LogP contribution is 2.24. The molecule has 27 heavy (non-hydrogen) atoms. The Balaban J connectivity index is 1.99. The number of nitrogens with one attached hydrogen (secondary N) is 2. The molecule has 2 N–H and O–H groups in total. The number of likely N-dealkylation sites (N-methyl/N-ethyl adjacent to an activating group) is 1. The van der Waals surface area contributed by atoms with Crippen LogP contribution in [0.15, 0.2) is 5.16 Å². The lowest BCUT2D eigenvalue weighted by Gasteiger charge is -2.28. The Bertz CT molecular complexity index is 630. The number of anilines is 1. The molecule has 152 valence electrons. The topological polar surface area (TPSA) is 101 Å². The van der Waals surface area contributed by atoms with E-state index >= 15 is 0 Å². The third-order valence-electron chi connectivity index (χ3n) is 3.99. The Morgan fingerprint density at radius 1 is 1.22 bits per heavy atom. The molecule has 0 spiro atoms. The first kappa shape index (κ1) is 21.5. The van der Waals surface area contributed by atoms with Gasteiger partial charge in [-0.2, -0.15) is 0 Å². The Kier molecular flexibility index (Phi) is 8.36. The summed E-state index contributed by atoms with van der Waals surface area (Å²) < 4.78 is 7.48. The van der Waals surface area contributed by atoms with Crippen molar-refractivity contribution in [3.63, 3.8) is 0 Å². The molecule has 10 heteroatoms. The minimum atomic E-state index is -0.560. The first-order valence-electron chi connectivity index (χ1n) is 9.38. The average molecular weight is 399 g/mol. The van der Waals surface area contributed by atoms with Gasteiger partial charge in [-0.1, -0.05) is 25.6 Å². The van der Waals surface area contributed by atoms with Crippen LogP contribution < -0.4 is 15.5 Å². The van der Waals surface area contributed by atoms with E-state index in [-0.39, 0.29) is 17.6 Å². The van der Waals surface area contributed by atoms with Gasteiger partial charge in [-0.05, 0) is 19.8 Å². The Morgan fingerprint density at radius 2 is 1.93 bits per heavy atom. The van der Waals surface area contributed by atoms with Crippen LogP contribution in [0.1, 0.15) is 27.7 Å². The van der Waals surface area contributed by atoms with Crippen LogP contribution in [-0.2, 0) is 20.9 Å². The Hall–Kier alpha value is -1.81. The number of morpholine rings is 1. The van der Waals surface area contributed by atoms with Crippen molar-refractivity contribution in [2.24, 2.45) is 5.92 Å². The van der Waals surface area contributed by atoms with Gasteiger partial charge >= 0.3 is 0 Å². The molecule has 1 aliphatic heterocycles. The molecule has 0 aliphatic carbocycles. The molecule has 2 heterocycles. The number of aromatic nitrogens is 3. The first-order valence-corrected chi connectivity index (χ1v) is 10.4. The van der Waals surface area contributed by atoms with Crippen molar-refractivity contribution in [2.75, 3.05) is 43.5 Å². The van der Waals surface area contributed by atoms with Crippen molar-refractivity contribution in [3.05, 3.63) is 0 Å². The fourth-order valence-corrected chi connectivity index (χ4v) is 3.47. The van der Waals surface area contributed by atoms with E-state index in [0.29, 0.717) is 30.8 Å². The van der Waals surface area contributed by atoms with E-state index in [1.807, 2.05) is 6.92 Å². The lowest BCUT2D eigenvalue weighted by Crippen LogP contribution is -2.45. The summed E-state index contributed by atoms with van der Waals surface area (Å²) in [6.45, 7) is 12.0. The highest BCUT2D eigenvalue weighted by molar-refractivity contribution is 7.99. The van der Waals surface area contributed by atoms with Gasteiger partial charge in [-0.3, -0.25) is 14.2 Å². The number of carbonyl (C=O) groups is 2. The van der Waals surface area contributed by atoms with Gasteiger partial charge in [0.25, 0.3) is 0 Å². The molecule has 2 rings (SSSR count). The molecule has 1 aromatic rings. The second kappa shape index (κ2) is 10.5. The van der Waals surface area contributed by atoms with Crippen LogP contribution in [0.5, 0.6) is 0 Å². The summed E-state index contributed by atoms with van der Waals surface area (Å²) in [5.74, 6) is 1.04. The predicted octanol–water partition coefficient (Wildman–Crippen LogP) is 0.504. The number of carbonyl (C=O) groups excluding carboxylic acids is 2. The quantitative estimate of drug-likeness (QED) is 0.584. The van der Waals surface area contributed by atoms with Crippen LogP contribution in [0.4, 0.5) is 5.95 Å². The largest absolute Gasteiger partial charge is 0.378 e. The second-order valence-corrected chi connectivity index (χ2v) is 7.80. The van der Waals surface area contributed by atoms with Gasteiger partial charge in [-0.25, -0.2) is 0 Å². The van der Waals surface area contributed by atoms with E-state index < -0.39 is 6.04 Å². The number of rotatable bonds is 9. The van der Waals surface area contributed by atoms with Gasteiger partial charge in [-0.15, -0.1) is 10.2 Å². The van der Waals surface area contributed by atoms with Gasteiger partial charge in [0.05, 0.1) is 19.0 Å². The zero-order valence-electron chi connectivity index (χ0n) is 16.5. The van der Waals surface area contributed by atoms with Gasteiger partial charge < -0.3 is 20.3 Å². The molecule has 9 nitrogen and oxygen atoms in total. The molecule has 0 bridgehead atoms. The summed E-state index contributed by atoms with van der Waals surface area (Å²) >= 11 is 1.34. The summed E-state index contributed by atoms with van der Waals surface area (Å²) in [6, 6.07) is -0.560. The molecule has 1 saturated heterocycles. The second-order valence-electron chi connectivity index (χ2n) is 6.86. The molecule has 0 unspecified atom stereocenters. The fraction of sp³-hybridized carbons (Fsp3) is 0.765. The lowest BCUT2D eigenvalue weighted by atomic mass is 10.2.